The van der Waals surface area contributed by atoms with Gasteiger partial charge in [-0.15, -0.1) is 22.7 Å². The van der Waals surface area contributed by atoms with Gasteiger partial charge in [-0.3, -0.25) is 14.0 Å². The van der Waals surface area contributed by atoms with Crippen LogP contribution in [0.3, 0.4) is 0 Å². The van der Waals surface area contributed by atoms with Crippen molar-refractivity contribution in [3.63, 3.8) is 0 Å². The molecule has 1 aliphatic rings. The third-order valence-electron chi connectivity index (χ3n) is 5.80. The highest BCUT2D eigenvalue weighted by atomic mass is 32.1. The van der Waals surface area contributed by atoms with Gasteiger partial charge in [0.25, 0.3) is 11.8 Å². The molecule has 5 rings (SSSR count). The summed E-state index contributed by atoms with van der Waals surface area (Å²) in [5, 5.41) is 5.58. The standard InChI is InChI=1S/C24H24FN5O2S2/c1-14-20(30-10-11-33-24(30)27-14)22(31)26-8-9-29(13-16-6-7-16)23(32)19-21(34-15(2)28-19)17-4-3-5-18(25)12-17/h3-5,10-12,16H,6-9,13H2,1-2H3,(H,26,31). The number of amides is 2. The monoisotopic (exact) mass is 497 g/mol. The smallest absolute Gasteiger partial charge is 0.274 e. The van der Waals surface area contributed by atoms with Gasteiger partial charge in [0, 0.05) is 31.2 Å². The number of hydrogen-bond donors (Lipinski definition) is 1. The summed E-state index contributed by atoms with van der Waals surface area (Å²) >= 11 is 2.86. The number of thiazole rings is 2. The molecule has 176 valence electrons. The van der Waals surface area contributed by atoms with E-state index in [0.29, 0.717) is 53.1 Å². The Balaban J connectivity index is 1.32. The second-order valence-electron chi connectivity index (χ2n) is 8.47. The second-order valence-corrected chi connectivity index (χ2v) is 10.5. The highest BCUT2D eigenvalue weighted by Gasteiger charge is 2.30. The number of carbonyl (C=O) groups excluding carboxylic acids is 2. The van der Waals surface area contributed by atoms with E-state index in [4.69, 9.17) is 0 Å². The number of aryl methyl sites for hydroxylation is 2. The molecule has 1 aromatic carbocycles. The van der Waals surface area contributed by atoms with Gasteiger partial charge in [0.05, 0.1) is 15.6 Å². The van der Waals surface area contributed by atoms with E-state index in [0.717, 1.165) is 22.8 Å². The third-order valence-corrected chi connectivity index (χ3v) is 7.58. The highest BCUT2D eigenvalue weighted by Crippen LogP contribution is 2.33. The number of carbonyl (C=O) groups is 2. The Morgan fingerprint density at radius 2 is 2.09 bits per heavy atom. The lowest BCUT2D eigenvalue weighted by atomic mass is 10.1. The van der Waals surface area contributed by atoms with Gasteiger partial charge in [-0.1, -0.05) is 12.1 Å². The average molecular weight is 498 g/mol. The molecule has 3 heterocycles. The molecule has 34 heavy (non-hydrogen) atoms. The van der Waals surface area contributed by atoms with Crippen LogP contribution in [0.4, 0.5) is 4.39 Å². The molecule has 2 amide bonds. The van der Waals surface area contributed by atoms with Crippen LogP contribution in [0.2, 0.25) is 0 Å². The van der Waals surface area contributed by atoms with Crippen LogP contribution in [0.5, 0.6) is 0 Å². The zero-order chi connectivity index (χ0) is 23.8. The van der Waals surface area contributed by atoms with E-state index in [1.807, 2.05) is 25.4 Å². The van der Waals surface area contributed by atoms with Crippen LogP contribution in [0.15, 0.2) is 35.8 Å². The Morgan fingerprint density at radius 3 is 2.85 bits per heavy atom. The number of nitrogens with zero attached hydrogens (tertiary/aromatic N) is 4. The topological polar surface area (TPSA) is 79.6 Å². The van der Waals surface area contributed by atoms with Gasteiger partial charge < -0.3 is 10.2 Å². The summed E-state index contributed by atoms with van der Waals surface area (Å²) in [6.07, 6.45) is 4.01. The van der Waals surface area contributed by atoms with Gasteiger partial charge in [0.1, 0.15) is 17.2 Å². The summed E-state index contributed by atoms with van der Waals surface area (Å²) in [6, 6.07) is 6.23. The summed E-state index contributed by atoms with van der Waals surface area (Å²) in [7, 11) is 0. The largest absolute Gasteiger partial charge is 0.349 e. The van der Waals surface area contributed by atoms with Crippen molar-refractivity contribution in [2.24, 2.45) is 5.92 Å². The van der Waals surface area contributed by atoms with Crippen molar-refractivity contribution in [2.75, 3.05) is 19.6 Å². The Bertz CT molecular complexity index is 1370. The van der Waals surface area contributed by atoms with Gasteiger partial charge in [-0.2, -0.15) is 0 Å². The van der Waals surface area contributed by atoms with Gasteiger partial charge in [0.2, 0.25) is 0 Å². The number of hydrogen-bond acceptors (Lipinski definition) is 6. The Hall–Kier alpha value is -3.11. The molecular weight excluding hydrogens is 473 g/mol. The van der Waals surface area contributed by atoms with Crippen LogP contribution in [0, 0.1) is 25.6 Å². The van der Waals surface area contributed by atoms with Crippen LogP contribution in [-0.4, -0.2) is 50.7 Å². The molecule has 1 fully saturated rings. The first-order valence-electron chi connectivity index (χ1n) is 11.1. The summed E-state index contributed by atoms with van der Waals surface area (Å²) < 4.78 is 15.6. The van der Waals surface area contributed by atoms with Gasteiger partial charge >= 0.3 is 0 Å². The minimum absolute atomic E-state index is 0.189. The molecule has 10 heteroatoms. The van der Waals surface area contributed by atoms with Gasteiger partial charge in [-0.05, 0) is 50.3 Å². The fourth-order valence-electron chi connectivity index (χ4n) is 3.99. The maximum atomic E-state index is 13.8. The quantitative estimate of drug-likeness (QED) is 0.387. The lowest BCUT2D eigenvalue weighted by molar-refractivity contribution is 0.0736. The SMILES string of the molecule is Cc1nc(C(=O)N(CCNC(=O)c2c(C)nc3sccn23)CC2CC2)c(-c2cccc(F)c2)s1. The molecule has 0 bridgehead atoms. The molecule has 4 aromatic rings. The van der Waals surface area contributed by atoms with E-state index < -0.39 is 0 Å². The predicted octanol–water partition coefficient (Wildman–Crippen LogP) is 4.56. The Morgan fingerprint density at radius 1 is 1.26 bits per heavy atom. The first kappa shape index (κ1) is 22.7. The molecule has 0 aliphatic heterocycles. The highest BCUT2D eigenvalue weighted by molar-refractivity contribution is 7.15. The van der Waals surface area contributed by atoms with E-state index in [1.54, 1.807) is 21.4 Å². The fourth-order valence-corrected chi connectivity index (χ4v) is 5.66. The average Bonchev–Trinajstić information content (AvgIpc) is 3.21. The summed E-state index contributed by atoms with van der Waals surface area (Å²) in [6.45, 7) is 4.95. The number of halogens is 1. The summed E-state index contributed by atoms with van der Waals surface area (Å²) in [5.41, 5.74) is 2.17. The van der Waals surface area contributed by atoms with Crippen LogP contribution < -0.4 is 5.32 Å². The maximum Gasteiger partial charge on any atom is 0.274 e. The molecule has 0 saturated heterocycles. The number of nitrogens with one attached hydrogen (secondary N) is 1. The van der Waals surface area contributed by atoms with E-state index in [-0.39, 0.29) is 17.6 Å². The lowest BCUT2D eigenvalue weighted by Crippen LogP contribution is -2.40. The first-order valence-corrected chi connectivity index (χ1v) is 12.8. The van der Waals surface area contributed by atoms with Crippen molar-refractivity contribution < 1.29 is 14.0 Å². The first-order chi connectivity index (χ1) is 16.4. The maximum absolute atomic E-state index is 13.8. The summed E-state index contributed by atoms with van der Waals surface area (Å²) in [4.78, 5) is 38.5. The van der Waals surface area contributed by atoms with Crippen molar-refractivity contribution in [3.8, 4) is 10.4 Å². The minimum atomic E-state index is -0.352. The molecule has 0 atom stereocenters. The van der Waals surface area contributed by atoms with Gasteiger partial charge in [0.15, 0.2) is 4.96 Å². The predicted molar refractivity (Wildman–Crippen MR) is 131 cm³/mol. The van der Waals surface area contributed by atoms with Crippen molar-refractivity contribution in [1.82, 2.24) is 24.6 Å². The number of imidazole rings is 1. The molecule has 3 aromatic heterocycles. The molecular formula is C24H24FN5O2S2. The van der Waals surface area contributed by atoms with E-state index >= 15 is 0 Å². The Labute approximate surface area is 204 Å². The number of aromatic nitrogens is 3. The zero-order valence-corrected chi connectivity index (χ0v) is 20.5. The van der Waals surface area contributed by atoms with E-state index in [9.17, 15) is 14.0 Å². The van der Waals surface area contributed by atoms with E-state index in [1.165, 1.54) is 34.8 Å². The van der Waals surface area contributed by atoms with Crippen molar-refractivity contribution in [1.29, 1.82) is 0 Å². The normalized spacial score (nSPS) is 13.4. The van der Waals surface area contributed by atoms with Crippen LogP contribution in [0.25, 0.3) is 15.4 Å². The number of fused-ring (bicyclic) bond motifs is 1. The molecule has 0 radical (unpaired) electrons. The van der Waals surface area contributed by atoms with E-state index in [2.05, 4.69) is 15.3 Å². The molecule has 1 N–H and O–H groups in total. The molecule has 7 nitrogen and oxygen atoms in total. The van der Waals surface area contributed by atoms with Gasteiger partial charge in [-0.25, -0.2) is 14.4 Å². The molecule has 0 unspecified atom stereocenters. The van der Waals surface area contributed by atoms with Crippen LogP contribution in [0.1, 0.15) is 44.5 Å². The Kier molecular flexibility index (Phi) is 6.18. The fraction of sp³-hybridized carbons (Fsp3) is 0.333. The minimum Gasteiger partial charge on any atom is -0.349 e. The van der Waals surface area contributed by atoms with Crippen LogP contribution in [-0.2, 0) is 0 Å². The summed E-state index contributed by atoms with van der Waals surface area (Å²) in [5.74, 6) is -0.286. The zero-order valence-electron chi connectivity index (χ0n) is 18.9. The lowest BCUT2D eigenvalue weighted by Gasteiger charge is -2.22. The molecule has 0 spiro atoms. The third kappa shape index (κ3) is 4.60. The number of benzene rings is 1. The number of rotatable bonds is 8. The van der Waals surface area contributed by atoms with Crippen molar-refractivity contribution in [2.45, 2.75) is 26.7 Å². The van der Waals surface area contributed by atoms with Crippen molar-refractivity contribution >= 4 is 39.4 Å². The second kappa shape index (κ2) is 9.27. The molecule has 1 saturated carbocycles. The van der Waals surface area contributed by atoms with Crippen molar-refractivity contribution in [3.05, 3.63) is 63.7 Å². The molecule has 1 aliphatic carbocycles. The van der Waals surface area contributed by atoms with Crippen LogP contribution >= 0.6 is 22.7 Å².